The molecule has 0 aliphatic carbocycles. The zero-order valence-electron chi connectivity index (χ0n) is 13.4. The summed E-state index contributed by atoms with van der Waals surface area (Å²) in [6, 6.07) is 15.4. The average Bonchev–Trinajstić information content (AvgIpc) is 3.03. The maximum Gasteiger partial charge on any atom is 0.238 e. The van der Waals surface area contributed by atoms with Crippen molar-refractivity contribution in [2.75, 3.05) is 31.7 Å². The lowest BCUT2D eigenvalue weighted by Crippen LogP contribution is -2.36. The molecule has 126 valence electrons. The predicted molar refractivity (Wildman–Crippen MR) is 92.0 cm³/mol. The Hall–Kier alpha value is -2.57. The van der Waals surface area contributed by atoms with Crippen molar-refractivity contribution in [2.45, 2.75) is 6.54 Å². The molecule has 1 aliphatic rings. The van der Waals surface area contributed by atoms with E-state index < -0.39 is 0 Å². The monoisotopic (exact) mass is 327 g/mol. The first-order chi connectivity index (χ1) is 11.7. The van der Waals surface area contributed by atoms with E-state index in [1.165, 1.54) is 0 Å². The molecule has 2 aromatic rings. The number of nitrogens with zero attached hydrogens (tertiary/aromatic N) is 1. The Kier molecular flexibility index (Phi) is 5.30. The van der Waals surface area contributed by atoms with Crippen LogP contribution < -0.4 is 20.5 Å². The number of rotatable bonds is 7. The Morgan fingerprint density at radius 1 is 1.12 bits per heavy atom. The normalized spacial score (nSPS) is 12.4. The molecule has 0 aromatic heterocycles. The van der Waals surface area contributed by atoms with Crippen LogP contribution >= 0.6 is 0 Å². The van der Waals surface area contributed by atoms with Gasteiger partial charge in [-0.2, -0.15) is 0 Å². The van der Waals surface area contributed by atoms with E-state index >= 15 is 0 Å². The van der Waals surface area contributed by atoms with Gasteiger partial charge in [-0.3, -0.25) is 9.69 Å². The maximum absolute atomic E-state index is 12.3. The summed E-state index contributed by atoms with van der Waals surface area (Å²) in [6.07, 6.45) is 0. The van der Waals surface area contributed by atoms with Gasteiger partial charge in [0.05, 0.1) is 6.54 Å². The summed E-state index contributed by atoms with van der Waals surface area (Å²) in [7, 11) is 0. The highest BCUT2D eigenvalue weighted by Crippen LogP contribution is 2.34. The molecule has 6 heteroatoms. The van der Waals surface area contributed by atoms with Gasteiger partial charge in [0.25, 0.3) is 0 Å². The Morgan fingerprint density at radius 2 is 1.92 bits per heavy atom. The lowest BCUT2D eigenvalue weighted by Gasteiger charge is -2.21. The molecule has 2 aromatic carbocycles. The Balaban J connectivity index is 1.59. The quantitative estimate of drug-likeness (QED) is 0.811. The summed E-state index contributed by atoms with van der Waals surface area (Å²) in [5.41, 5.74) is 7.51. The zero-order valence-corrected chi connectivity index (χ0v) is 13.4. The van der Waals surface area contributed by atoms with Crippen molar-refractivity contribution in [3.05, 3.63) is 54.1 Å². The van der Waals surface area contributed by atoms with E-state index in [1.807, 2.05) is 35.2 Å². The molecule has 0 spiro atoms. The summed E-state index contributed by atoms with van der Waals surface area (Å²) in [6.45, 7) is 2.34. The van der Waals surface area contributed by atoms with Gasteiger partial charge in [-0.25, -0.2) is 0 Å². The van der Waals surface area contributed by atoms with Gasteiger partial charge in [-0.15, -0.1) is 0 Å². The maximum atomic E-state index is 12.3. The fraction of sp³-hybridized carbons (Fsp3) is 0.278. The highest BCUT2D eigenvalue weighted by Gasteiger charge is 2.15. The molecule has 3 N–H and O–H groups in total. The van der Waals surface area contributed by atoms with Crippen molar-refractivity contribution in [3.8, 4) is 11.5 Å². The van der Waals surface area contributed by atoms with E-state index in [0.717, 1.165) is 5.56 Å². The van der Waals surface area contributed by atoms with E-state index in [2.05, 4.69) is 5.32 Å². The lowest BCUT2D eigenvalue weighted by molar-refractivity contribution is -0.117. The number of benzene rings is 2. The van der Waals surface area contributed by atoms with Gasteiger partial charge in [0, 0.05) is 31.4 Å². The molecule has 0 saturated carbocycles. The van der Waals surface area contributed by atoms with Crippen LogP contribution in [0.4, 0.5) is 5.69 Å². The molecule has 1 amide bonds. The van der Waals surface area contributed by atoms with Crippen LogP contribution in [-0.4, -0.2) is 37.2 Å². The van der Waals surface area contributed by atoms with Crippen LogP contribution in [0.3, 0.4) is 0 Å². The summed E-state index contributed by atoms with van der Waals surface area (Å²) in [4.78, 5) is 14.3. The second-order valence-electron chi connectivity index (χ2n) is 5.60. The molecule has 6 nitrogen and oxygen atoms in total. The molecule has 0 bridgehead atoms. The first kappa shape index (κ1) is 16.3. The van der Waals surface area contributed by atoms with Gasteiger partial charge in [0.15, 0.2) is 11.5 Å². The molecular weight excluding hydrogens is 306 g/mol. The van der Waals surface area contributed by atoms with E-state index in [1.54, 1.807) is 18.2 Å². The van der Waals surface area contributed by atoms with Crippen molar-refractivity contribution >= 4 is 11.6 Å². The van der Waals surface area contributed by atoms with Crippen molar-refractivity contribution < 1.29 is 14.3 Å². The minimum absolute atomic E-state index is 0.0850. The number of hydrogen-bond donors (Lipinski definition) is 2. The van der Waals surface area contributed by atoms with E-state index in [-0.39, 0.29) is 19.2 Å². The van der Waals surface area contributed by atoms with E-state index in [4.69, 9.17) is 15.2 Å². The summed E-state index contributed by atoms with van der Waals surface area (Å²) in [5, 5.41) is 2.89. The average molecular weight is 327 g/mol. The topological polar surface area (TPSA) is 76.8 Å². The Morgan fingerprint density at radius 3 is 2.71 bits per heavy atom. The SMILES string of the molecule is NCCN(CC(=O)Nc1ccc2c(c1)OCO2)Cc1ccccc1. The molecule has 3 rings (SSSR count). The number of fused-ring (bicyclic) bond motifs is 1. The minimum atomic E-state index is -0.0850. The number of anilines is 1. The van der Waals surface area contributed by atoms with Gasteiger partial charge in [0.1, 0.15) is 0 Å². The Labute approximate surface area is 141 Å². The first-order valence-electron chi connectivity index (χ1n) is 7.90. The van der Waals surface area contributed by atoms with Crippen LogP contribution in [0.1, 0.15) is 5.56 Å². The number of carbonyl (C=O) groups is 1. The second kappa shape index (κ2) is 7.81. The highest BCUT2D eigenvalue weighted by atomic mass is 16.7. The minimum Gasteiger partial charge on any atom is -0.454 e. The largest absolute Gasteiger partial charge is 0.454 e. The Bertz CT molecular complexity index is 691. The molecule has 1 aliphatic heterocycles. The zero-order chi connectivity index (χ0) is 16.8. The van der Waals surface area contributed by atoms with Crippen LogP contribution in [0.15, 0.2) is 48.5 Å². The van der Waals surface area contributed by atoms with Crippen LogP contribution in [0.2, 0.25) is 0 Å². The third-order valence-electron chi connectivity index (χ3n) is 3.72. The number of ether oxygens (including phenoxy) is 2. The van der Waals surface area contributed by atoms with Crippen LogP contribution in [-0.2, 0) is 11.3 Å². The molecular formula is C18H21N3O3. The standard InChI is InChI=1S/C18H21N3O3/c19-8-9-21(11-14-4-2-1-3-5-14)12-18(22)20-15-6-7-16-17(10-15)24-13-23-16/h1-7,10H,8-9,11-13,19H2,(H,20,22). The van der Waals surface area contributed by atoms with E-state index in [0.29, 0.717) is 36.8 Å². The summed E-state index contributed by atoms with van der Waals surface area (Å²) >= 11 is 0. The fourth-order valence-corrected chi connectivity index (χ4v) is 2.62. The summed E-state index contributed by atoms with van der Waals surface area (Å²) in [5.74, 6) is 1.26. The number of nitrogens with one attached hydrogen (secondary N) is 1. The van der Waals surface area contributed by atoms with Gasteiger partial charge in [-0.05, 0) is 17.7 Å². The second-order valence-corrected chi connectivity index (χ2v) is 5.60. The summed E-state index contributed by atoms with van der Waals surface area (Å²) < 4.78 is 10.6. The first-order valence-corrected chi connectivity index (χ1v) is 7.90. The lowest BCUT2D eigenvalue weighted by atomic mass is 10.2. The molecule has 24 heavy (non-hydrogen) atoms. The fourth-order valence-electron chi connectivity index (χ4n) is 2.62. The predicted octanol–water partition coefficient (Wildman–Crippen LogP) is 1.81. The van der Waals surface area contributed by atoms with Crippen LogP contribution in [0, 0.1) is 0 Å². The molecule has 0 fully saturated rings. The molecule has 0 radical (unpaired) electrons. The number of amides is 1. The van der Waals surface area contributed by atoms with Crippen molar-refractivity contribution in [3.63, 3.8) is 0 Å². The van der Waals surface area contributed by atoms with Gasteiger partial charge >= 0.3 is 0 Å². The van der Waals surface area contributed by atoms with Crippen molar-refractivity contribution in [1.82, 2.24) is 4.90 Å². The molecule has 0 atom stereocenters. The number of nitrogens with two attached hydrogens (primary N) is 1. The van der Waals surface area contributed by atoms with Crippen LogP contribution in [0.25, 0.3) is 0 Å². The van der Waals surface area contributed by atoms with Gasteiger partial charge in [-0.1, -0.05) is 30.3 Å². The van der Waals surface area contributed by atoms with Gasteiger partial charge in [0.2, 0.25) is 12.7 Å². The van der Waals surface area contributed by atoms with E-state index in [9.17, 15) is 4.79 Å². The highest BCUT2D eigenvalue weighted by molar-refractivity contribution is 5.92. The molecule has 0 unspecified atom stereocenters. The smallest absolute Gasteiger partial charge is 0.238 e. The number of carbonyl (C=O) groups excluding carboxylic acids is 1. The number of hydrogen-bond acceptors (Lipinski definition) is 5. The molecule has 0 saturated heterocycles. The molecule has 1 heterocycles. The third-order valence-corrected chi connectivity index (χ3v) is 3.72. The van der Waals surface area contributed by atoms with Crippen molar-refractivity contribution in [2.24, 2.45) is 5.73 Å². The van der Waals surface area contributed by atoms with Gasteiger partial charge < -0.3 is 20.5 Å². The third kappa shape index (κ3) is 4.24. The van der Waals surface area contributed by atoms with Crippen molar-refractivity contribution in [1.29, 1.82) is 0 Å². The van der Waals surface area contributed by atoms with Crippen LogP contribution in [0.5, 0.6) is 11.5 Å².